The minimum Gasteiger partial charge on any atom is -0.305 e. The van der Waals surface area contributed by atoms with Crippen LogP contribution in [0, 0.1) is 5.41 Å². The zero-order valence-electron chi connectivity index (χ0n) is 7.02. The van der Waals surface area contributed by atoms with Crippen molar-refractivity contribution in [2.24, 2.45) is 4.99 Å². The average molecular weight is 138 g/mol. The van der Waals surface area contributed by atoms with Crippen molar-refractivity contribution in [3.05, 3.63) is 11.8 Å². The highest BCUT2D eigenvalue weighted by atomic mass is 14.7. The van der Waals surface area contributed by atoms with Crippen LogP contribution < -0.4 is 0 Å². The highest BCUT2D eigenvalue weighted by Gasteiger charge is 1.87. The minimum atomic E-state index is 0.574. The molecule has 0 spiro atoms. The normalized spacial score (nSPS) is 11.0. The first-order valence-electron chi connectivity index (χ1n) is 3.27. The van der Waals surface area contributed by atoms with E-state index in [1.54, 1.807) is 13.1 Å². The van der Waals surface area contributed by atoms with Gasteiger partial charge < -0.3 is 5.41 Å². The summed E-state index contributed by atoms with van der Waals surface area (Å²) in [4.78, 5) is 4.06. The molecule has 1 N–H and O–H groups in total. The third kappa shape index (κ3) is 4.01. The molecule has 0 fully saturated rings. The Hall–Kier alpha value is -0.920. The van der Waals surface area contributed by atoms with Gasteiger partial charge >= 0.3 is 0 Å². The smallest absolute Gasteiger partial charge is 0.0327 e. The number of aliphatic imine (C=N–C) groups is 1. The largest absolute Gasteiger partial charge is 0.305 e. The van der Waals surface area contributed by atoms with Crippen molar-refractivity contribution < 1.29 is 0 Å². The first kappa shape index (κ1) is 9.08. The second-order valence-electron chi connectivity index (χ2n) is 2.51. The number of nitrogens with one attached hydrogen (secondary N) is 1. The maximum atomic E-state index is 7.21. The Kier molecular flexibility index (Phi) is 3.62. The Morgan fingerprint density at radius 3 is 2.00 bits per heavy atom. The van der Waals surface area contributed by atoms with E-state index >= 15 is 0 Å². The highest BCUT2D eigenvalue weighted by Crippen LogP contribution is 1.94. The quantitative estimate of drug-likeness (QED) is 0.569. The molecule has 0 aromatic heterocycles. The van der Waals surface area contributed by atoms with Crippen molar-refractivity contribution in [1.29, 1.82) is 5.41 Å². The van der Waals surface area contributed by atoms with E-state index in [9.17, 15) is 0 Å². The summed E-state index contributed by atoms with van der Waals surface area (Å²) in [6.07, 6.45) is 1.72. The van der Waals surface area contributed by atoms with E-state index in [0.29, 0.717) is 5.71 Å². The topological polar surface area (TPSA) is 36.2 Å². The molecule has 0 unspecified atom stereocenters. The van der Waals surface area contributed by atoms with E-state index in [-0.39, 0.29) is 0 Å². The summed E-state index contributed by atoms with van der Waals surface area (Å²) in [5, 5.41) is 7.21. The molecule has 0 aromatic carbocycles. The fourth-order valence-corrected chi connectivity index (χ4v) is 0.323. The third-order valence-corrected chi connectivity index (χ3v) is 1.11. The Morgan fingerprint density at radius 2 is 1.70 bits per heavy atom. The standard InChI is InChI=1S/C8H14N2/c1-6(2)10-5-7(3)8(4)9/h5,9H,1-4H3. The Labute approximate surface area is 62.2 Å². The van der Waals surface area contributed by atoms with E-state index in [0.717, 1.165) is 11.3 Å². The molecule has 0 bridgehead atoms. The summed E-state index contributed by atoms with van der Waals surface area (Å²) in [6.45, 7) is 7.51. The van der Waals surface area contributed by atoms with Gasteiger partial charge in [0.1, 0.15) is 0 Å². The lowest BCUT2D eigenvalue weighted by Crippen LogP contribution is -1.89. The van der Waals surface area contributed by atoms with Gasteiger partial charge in [-0.25, -0.2) is 0 Å². The van der Waals surface area contributed by atoms with Crippen LogP contribution in [0.5, 0.6) is 0 Å². The SMILES string of the molecule is CC(=N)C(C)=CN=C(C)C. The lowest BCUT2D eigenvalue weighted by atomic mass is 10.2. The van der Waals surface area contributed by atoms with Crippen molar-refractivity contribution in [1.82, 2.24) is 0 Å². The van der Waals surface area contributed by atoms with Crippen molar-refractivity contribution in [3.63, 3.8) is 0 Å². The van der Waals surface area contributed by atoms with Gasteiger partial charge in [-0.3, -0.25) is 4.99 Å². The van der Waals surface area contributed by atoms with Crippen LogP contribution in [-0.2, 0) is 0 Å². The zero-order chi connectivity index (χ0) is 8.15. The molecule has 0 saturated heterocycles. The first-order chi connectivity index (χ1) is 4.54. The van der Waals surface area contributed by atoms with E-state index in [1.165, 1.54) is 0 Å². The minimum absolute atomic E-state index is 0.574. The summed E-state index contributed by atoms with van der Waals surface area (Å²) < 4.78 is 0. The number of rotatable bonds is 2. The average Bonchev–Trinajstić information content (AvgIpc) is 1.82. The summed E-state index contributed by atoms with van der Waals surface area (Å²) in [6, 6.07) is 0. The molecule has 0 saturated carbocycles. The molecule has 0 aliphatic carbocycles. The van der Waals surface area contributed by atoms with E-state index in [4.69, 9.17) is 5.41 Å². The van der Waals surface area contributed by atoms with Crippen molar-refractivity contribution in [2.75, 3.05) is 0 Å². The van der Waals surface area contributed by atoms with E-state index < -0.39 is 0 Å². The van der Waals surface area contributed by atoms with Gasteiger partial charge in [0.25, 0.3) is 0 Å². The number of nitrogens with zero attached hydrogens (tertiary/aromatic N) is 1. The second kappa shape index (κ2) is 3.99. The van der Waals surface area contributed by atoms with Crippen LogP contribution in [0.4, 0.5) is 0 Å². The van der Waals surface area contributed by atoms with Crippen LogP contribution in [0.2, 0.25) is 0 Å². The van der Waals surface area contributed by atoms with Crippen LogP contribution in [-0.4, -0.2) is 11.4 Å². The van der Waals surface area contributed by atoms with Gasteiger partial charge in [-0.05, 0) is 33.3 Å². The van der Waals surface area contributed by atoms with Gasteiger partial charge in [-0.1, -0.05) is 0 Å². The Morgan fingerprint density at radius 1 is 1.20 bits per heavy atom. The van der Waals surface area contributed by atoms with Crippen molar-refractivity contribution in [2.45, 2.75) is 27.7 Å². The van der Waals surface area contributed by atoms with Crippen molar-refractivity contribution in [3.8, 4) is 0 Å². The van der Waals surface area contributed by atoms with Crippen molar-refractivity contribution >= 4 is 11.4 Å². The lowest BCUT2D eigenvalue weighted by molar-refractivity contribution is 1.37. The lowest BCUT2D eigenvalue weighted by Gasteiger charge is -1.92. The van der Waals surface area contributed by atoms with Crippen LogP contribution in [0.15, 0.2) is 16.8 Å². The summed E-state index contributed by atoms with van der Waals surface area (Å²) in [7, 11) is 0. The Balaban J connectivity index is 4.19. The zero-order valence-corrected chi connectivity index (χ0v) is 7.02. The molecular weight excluding hydrogens is 124 g/mol. The first-order valence-corrected chi connectivity index (χ1v) is 3.27. The molecule has 0 aliphatic rings. The fourth-order valence-electron chi connectivity index (χ4n) is 0.323. The molecule has 0 aromatic rings. The monoisotopic (exact) mass is 138 g/mol. The molecule has 0 atom stereocenters. The Bertz CT molecular complexity index is 183. The number of hydrogen-bond acceptors (Lipinski definition) is 2. The molecule has 0 radical (unpaired) electrons. The highest BCUT2D eigenvalue weighted by molar-refractivity contribution is 5.95. The molecule has 0 rings (SSSR count). The fraction of sp³-hybridized carbons (Fsp3) is 0.500. The van der Waals surface area contributed by atoms with Gasteiger partial charge in [-0.2, -0.15) is 0 Å². The van der Waals surface area contributed by atoms with Gasteiger partial charge in [0, 0.05) is 17.6 Å². The maximum Gasteiger partial charge on any atom is 0.0327 e. The third-order valence-electron chi connectivity index (χ3n) is 1.11. The maximum absolute atomic E-state index is 7.21. The molecule has 10 heavy (non-hydrogen) atoms. The predicted molar refractivity (Wildman–Crippen MR) is 45.9 cm³/mol. The van der Waals surface area contributed by atoms with Gasteiger partial charge in [0.05, 0.1) is 0 Å². The van der Waals surface area contributed by atoms with E-state index in [2.05, 4.69) is 4.99 Å². The second-order valence-corrected chi connectivity index (χ2v) is 2.51. The summed E-state index contributed by atoms with van der Waals surface area (Å²) >= 11 is 0. The number of allylic oxidation sites excluding steroid dienone is 1. The molecule has 56 valence electrons. The van der Waals surface area contributed by atoms with Gasteiger partial charge in [0.15, 0.2) is 0 Å². The van der Waals surface area contributed by atoms with Gasteiger partial charge in [0.2, 0.25) is 0 Å². The summed E-state index contributed by atoms with van der Waals surface area (Å²) in [5.41, 5.74) is 2.51. The molecule has 0 heterocycles. The molecular formula is C8H14N2. The van der Waals surface area contributed by atoms with E-state index in [1.807, 2.05) is 20.8 Å². The van der Waals surface area contributed by atoms with Crippen LogP contribution in [0.1, 0.15) is 27.7 Å². The van der Waals surface area contributed by atoms with Crippen LogP contribution >= 0.6 is 0 Å². The van der Waals surface area contributed by atoms with Crippen LogP contribution in [0.3, 0.4) is 0 Å². The van der Waals surface area contributed by atoms with Gasteiger partial charge in [-0.15, -0.1) is 0 Å². The predicted octanol–water partition coefficient (Wildman–Crippen LogP) is 2.41. The molecule has 0 aliphatic heterocycles. The molecule has 0 amide bonds. The molecule has 2 heteroatoms. The number of hydrogen-bond donors (Lipinski definition) is 1. The summed E-state index contributed by atoms with van der Waals surface area (Å²) in [5.74, 6) is 0. The van der Waals surface area contributed by atoms with Crippen LogP contribution in [0.25, 0.3) is 0 Å². The molecule has 2 nitrogen and oxygen atoms in total.